The highest BCUT2D eigenvalue weighted by molar-refractivity contribution is 5.76. The number of benzene rings is 1. The second-order valence-corrected chi connectivity index (χ2v) is 2.80. The molecule has 1 amide bonds. The monoisotopic (exact) mass is 209 g/mol. The molecule has 0 unspecified atom stereocenters. The minimum absolute atomic E-state index is 0.154. The van der Waals surface area contributed by atoms with Gasteiger partial charge in [-0.05, 0) is 5.56 Å². The van der Waals surface area contributed by atoms with Crippen molar-refractivity contribution in [1.82, 2.24) is 5.32 Å². The van der Waals surface area contributed by atoms with E-state index in [-0.39, 0.29) is 13.2 Å². The van der Waals surface area contributed by atoms with Gasteiger partial charge >= 0.3 is 12.1 Å². The van der Waals surface area contributed by atoms with E-state index in [1.807, 2.05) is 35.6 Å². The molecule has 80 valence electrons. The average Bonchev–Trinajstić information content (AvgIpc) is 2.25. The van der Waals surface area contributed by atoms with Crippen molar-refractivity contribution in [2.24, 2.45) is 0 Å². The topological polar surface area (TPSA) is 75.6 Å². The van der Waals surface area contributed by atoms with E-state index >= 15 is 0 Å². The minimum Gasteiger partial charge on any atom is -0.465 e. The molecule has 1 aromatic rings. The Balaban J connectivity index is 2.26. The second kappa shape index (κ2) is 5.64. The third-order valence-electron chi connectivity index (χ3n) is 1.63. The van der Waals surface area contributed by atoms with Gasteiger partial charge in [0.05, 0.1) is 0 Å². The number of amides is 1. The van der Waals surface area contributed by atoms with Crippen LogP contribution in [0.15, 0.2) is 30.3 Å². The Bertz CT molecular complexity index is 337. The van der Waals surface area contributed by atoms with Gasteiger partial charge in [0.25, 0.3) is 0 Å². The Morgan fingerprint density at radius 1 is 1.27 bits per heavy atom. The van der Waals surface area contributed by atoms with E-state index in [2.05, 4.69) is 0 Å². The van der Waals surface area contributed by atoms with E-state index in [1.165, 1.54) is 0 Å². The van der Waals surface area contributed by atoms with Crippen LogP contribution in [0.1, 0.15) is 5.56 Å². The average molecular weight is 209 g/mol. The van der Waals surface area contributed by atoms with Gasteiger partial charge in [0.1, 0.15) is 13.2 Å². The third kappa shape index (κ3) is 4.66. The molecule has 0 heterocycles. The Hall–Kier alpha value is -2.04. The van der Waals surface area contributed by atoms with Crippen molar-refractivity contribution in [2.75, 3.05) is 6.54 Å². The summed E-state index contributed by atoms with van der Waals surface area (Å²) in [5, 5.41) is 10.2. The lowest BCUT2D eigenvalue weighted by molar-refractivity contribution is -0.143. The first kappa shape index (κ1) is 11.0. The van der Waals surface area contributed by atoms with Crippen molar-refractivity contribution in [3.8, 4) is 0 Å². The van der Waals surface area contributed by atoms with Gasteiger partial charge in [-0.2, -0.15) is 0 Å². The first-order chi connectivity index (χ1) is 7.18. The lowest BCUT2D eigenvalue weighted by atomic mass is 10.2. The molecular weight excluding hydrogens is 198 g/mol. The van der Waals surface area contributed by atoms with Crippen LogP contribution in [0.2, 0.25) is 0 Å². The van der Waals surface area contributed by atoms with Crippen LogP contribution in [0.3, 0.4) is 0 Å². The van der Waals surface area contributed by atoms with Crippen LogP contribution in [0.5, 0.6) is 0 Å². The van der Waals surface area contributed by atoms with Gasteiger partial charge < -0.3 is 15.2 Å². The molecule has 5 nitrogen and oxygen atoms in total. The maximum Gasteiger partial charge on any atom is 0.405 e. The Kier molecular flexibility index (Phi) is 4.15. The second-order valence-electron chi connectivity index (χ2n) is 2.80. The van der Waals surface area contributed by atoms with Gasteiger partial charge in [0.2, 0.25) is 0 Å². The molecule has 0 bridgehead atoms. The largest absolute Gasteiger partial charge is 0.465 e. The highest BCUT2D eigenvalue weighted by Crippen LogP contribution is 2.00. The molecule has 0 saturated heterocycles. The molecule has 2 N–H and O–H groups in total. The number of ether oxygens (including phenoxy) is 1. The summed E-state index contributed by atoms with van der Waals surface area (Å²) in [5.41, 5.74) is 0.862. The van der Waals surface area contributed by atoms with Crippen LogP contribution in [0, 0.1) is 0 Å². The predicted octanol–water partition coefficient (Wildman–Crippen LogP) is 0.997. The van der Waals surface area contributed by atoms with Crippen LogP contribution in [-0.4, -0.2) is 23.7 Å². The molecule has 1 aromatic carbocycles. The third-order valence-corrected chi connectivity index (χ3v) is 1.63. The number of nitrogens with one attached hydrogen (secondary N) is 1. The highest BCUT2D eigenvalue weighted by Gasteiger charge is 2.04. The quantitative estimate of drug-likeness (QED) is 0.725. The molecule has 0 fully saturated rings. The van der Waals surface area contributed by atoms with E-state index in [0.29, 0.717) is 0 Å². The molecule has 0 saturated carbocycles. The number of carbonyl (C=O) groups is 2. The van der Waals surface area contributed by atoms with E-state index in [9.17, 15) is 9.59 Å². The summed E-state index contributed by atoms with van der Waals surface area (Å²) in [6, 6.07) is 9.16. The fraction of sp³-hybridized carbons (Fsp3) is 0.200. The zero-order valence-electron chi connectivity index (χ0n) is 7.97. The zero-order valence-corrected chi connectivity index (χ0v) is 7.97. The summed E-state index contributed by atoms with van der Waals surface area (Å²) in [6.45, 7) is -0.177. The van der Waals surface area contributed by atoms with Crippen molar-refractivity contribution in [2.45, 2.75) is 6.61 Å². The molecule has 0 radical (unpaired) electrons. The zero-order chi connectivity index (χ0) is 11.1. The molecular formula is C10H11NO4. The standard InChI is InChI=1S/C10H11NO4/c12-9(6-11-10(13)14)15-7-8-4-2-1-3-5-8/h1-5,11H,6-7H2,(H,13,14). The van der Waals surface area contributed by atoms with Crippen molar-refractivity contribution in [1.29, 1.82) is 0 Å². The summed E-state index contributed by atoms with van der Waals surface area (Å²) in [5.74, 6) is -0.596. The molecule has 0 spiro atoms. The van der Waals surface area contributed by atoms with Crippen LogP contribution < -0.4 is 5.32 Å². The minimum atomic E-state index is -1.24. The fourth-order valence-corrected chi connectivity index (χ4v) is 0.937. The first-order valence-corrected chi connectivity index (χ1v) is 4.35. The van der Waals surface area contributed by atoms with E-state index in [1.54, 1.807) is 0 Å². The summed E-state index contributed by atoms with van der Waals surface area (Å²) in [6.07, 6.45) is -1.24. The smallest absolute Gasteiger partial charge is 0.405 e. The van der Waals surface area contributed by atoms with Crippen molar-refractivity contribution in [3.63, 3.8) is 0 Å². The predicted molar refractivity (Wildman–Crippen MR) is 52.3 cm³/mol. The summed E-state index contributed by atoms with van der Waals surface area (Å²) in [7, 11) is 0. The van der Waals surface area contributed by atoms with Gasteiger partial charge in [-0.25, -0.2) is 4.79 Å². The van der Waals surface area contributed by atoms with Crippen LogP contribution in [-0.2, 0) is 16.1 Å². The lowest BCUT2D eigenvalue weighted by Crippen LogP contribution is -2.28. The van der Waals surface area contributed by atoms with Gasteiger partial charge in [-0.1, -0.05) is 30.3 Å². The highest BCUT2D eigenvalue weighted by atomic mass is 16.5. The number of hydrogen-bond donors (Lipinski definition) is 2. The van der Waals surface area contributed by atoms with Crippen LogP contribution >= 0.6 is 0 Å². The van der Waals surface area contributed by atoms with E-state index < -0.39 is 12.1 Å². The van der Waals surface area contributed by atoms with Crippen molar-refractivity contribution >= 4 is 12.1 Å². The van der Waals surface area contributed by atoms with Crippen LogP contribution in [0.25, 0.3) is 0 Å². The normalized spacial score (nSPS) is 9.33. The van der Waals surface area contributed by atoms with Gasteiger partial charge in [0, 0.05) is 0 Å². The molecule has 0 atom stereocenters. The number of hydrogen-bond acceptors (Lipinski definition) is 3. The van der Waals surface area contributed by atoms with E-state index in [4.69, 9.17) is 9.84 Å². The molecule has 0 aliphatic heterocycles. The molecule has 0 aliphatic rings. The first-order valence-electron chi connectivity index (χ1n) is 4.35. The number of esters is 1. The Morgan fingerprint density at radius 3 is 2.53 bits per heavy atom. The molecule has 0 aromatic heterocycles. The number of carboxylic acid groups (broad SMARTS) is 1. The Labute approximate surface area is 86.7 Å². The maximum absolute atomic E-state index is 11.0. The molecule has 0 aliphatic carbocycles. The number of rotatable bonds is 4. The van der Waals surface area contributed by atoms with Gasteiger partial charge in [-0.3, -0.25) is 4.79 Å². The molecule has 5 heteroatoms. The van der Waals surface area contributed by atoms with Crippen molar-refractivity contribution in [3.05, 3.63) is 35.9 Å². The molecule has 1 rings (SSSR count). The summed E-state index contributed by atoms with van der Waals surface area (Å²) >= 11 is 0. The summed E-state index contributed by atoms with van der Waals surface area (Å²) < 4.78 is 4.81. The van der Waals surface area contributed by atoms with Gasteiger partial charge in [-0.15, -0.1) is 0 Å². The fourth-order valence-electron chi connectivity index (χ4n) is 0.937. The SMILES string of the molecule is O=C(O)NCC(=O)OCc1ccccc1. The summed E-state index contributed by atoms with van der Waals surface area (Å²) in [4.78, 5) is 21.0. The molecule has 15 heavy (non-hydrogen) atoms. The maximum atomic E-state index is 11.0. The number of carbonyl (C=O) groups excluding carboxylic acids is 1. The van der Waals surface area contributed by atoms with E-state index in [0.717, 1.165) is 5.56 Å². The van der Waals surface area contributed by atoms with Gasteiger partial charge in [0.15, 0.2) is 0 Å². The Morgan fingerprint density at radius 2 is 1.93 bits per heavy atom. The van der Waals surface area contributed by atoms with Crippen molar-refractivity contribution < 1.29 is 19.4 Å². The van der Waals surface area contributed by atoms with Crippen LogP contribution in [0.4, 0.5) is 4.79 Å². The lowest BCUT2D eigenvalue weighted by Gasteiger charge is -2.04.